The predicted molar refractivity (Wildman–Crippen MR) is 61.7 cm³/mol. The van der Waals surface area contributed by atoms with Gasteiger partial charge in [-0.2, -0.15) is 0 Å². The van der Waals surface area contributed by atoms with E-state index in [1.54, 1.807) is 13.2 Å². The van der Waals surface area contributed by atoms with Crippen LogP contribution in [0.4, 0.5) is 0 Å². The zero-order valence-electron chi connectivity index (χ0n) is 9.59. The number of methoxy groups -OCH3 is 1. The molecule has 1 aromatic rings. The number of ketones is 1. The van der Waals surface area contributed by atoms with Crippen molar-refractivity contribution in [1.82, 2.24) is 0 Å². The molecule has 0 amide bonds. The van der Waals surface area contributed by atoms with Crippen LogP contribution in [0.25, 0.3) is 0 Å². The maximum atomic E-state index is 10.9. The summed E-state index contributed by atoms with van der Waals surface area (Å²) >= 11 is 0. The van der Waals surface area contributed by atoms with Gasteiger partial charge in [0, 0.05) is 0 Å². The van der Waals surface area contributed by atoms with Crippen LogP contribution in [0.2, 0.25) is 0 Å². The zero-order valence-corrected chi connectivity index (χ0v) is 9.59. The van der Waals surface area contributed by atoms with Crippen molar-refractivity contribution in [1.29, 1.82) is 0 Å². The van der Waals surface area contributed by atoms with Crippen molar-refractivity contribution in [2.75, 3.05) is 13.7 Å². The third kappa shape index (κ3) is 3.41. The summed E-state index contributed by atoms with van der Waals surface area (Å²) in [4.78, 5) is 10.9. The van der Waals surface area contributed by atoms with Gasteiger partial charge in [0.2, 0.25) is 0 Å². The van der Waals surface area contributed by atoms with Crippen molar-refractivity contribution in [3.63, 3.8) is 0 Å². The summed E-state index contributed by atoms with van der Waals surface area (Å²) in [5.74, 6) is 0.780. The van der Waals surface area contributed by atoms with Crippen LogP contribution in [0.1, 0.15) is 5.56 Å². The minimum atomic E-state index is -0.435. The summed E-state index contributed by atoms with van der Waals surface area (Å²) < 4.78 is 15.7. The van der Waals surface area contributed by atoms with E-state index in [2.05, 4.69) is 0 Å². The Labute approximate surface area is 99.8 Å². The SMILES string of the molecule is COc1ccc(CO[C@@H]2C=CC(=O)CO2)cc1. The summed E-state index contributed by atoms with van der Waals surface area (Å²) in [6.45, 7) is 0.525. The molecule has 0 N–H and O–H groups in total. The Hall–Kier alpha value is -1.65. The van der Waals surface area contributed by atoms with Gasteiger partial charge in [-0.1, -0.05) is 12.1 Å². The second-order valence-electron chi connectivity index (χ2n) is 3.66. The van der Waals surface area contributed by atoms with Crippen LogP contribution in [0, 0.1) is 0 Å². The number of hydrogen-bond donors (Lipinski definition) is 0. The third-order valence-electron chi connectivity index (χ3n) is 2.40. The number of benzene rings is 1. The highest BCUT2D eigenvalue weighted by Crippen LogP contribution is 2.13. The Morgan fingerprint density at radius 2 is 2.12 bits per heavy atom. The molecule has 1 aliphatic rings. The summed E-state index contributed by atoms with van der Waals surface area (Å²) in [6, 6.07) is 7.60. The van der Waals surface area contributed by atoms with E-state index in [1.807, 2.05) is 24.3 Å². The van der Waals surface area contributed by atoms with Gasteiger partial charge < -0.3 is 14.2 Å². The first-order valence-electron chi connectivity index (χ1n) is 5.35. The minimum Gasteiger partial charge on any atom is -0.497 e. The number of carbonyl (C=O) groups excluding carboxylic acids is 1. The Morgan fingerprint density at radius 3 is 2.71 bits per heavy atom. The molecular formula is C13H14O4. The Morgan fingerprint density at radius 1 is 1.35 bits per heavy atom. The van der Waals surface area contributed by atoms with Crippen molar-refractivity contribution >= 4 is 5.78 Å². The fraction of sp³-hybridized carbons (Fsp3) is 0.308. The van der Waals surface area contributed by atoms with Crippen LogP contribution < -0.4 is 4.74 Å². The van der Waals surface area contributed by atoms with Gasteiger partial charge in [-0.3, -0.25) is 4.79 Å². The smallest absolute Gasteiger partial charge is 0.181 e. The van der Waals surface area contributed by atoms with Crippen molar-refractivity contribution in [3.8, 4) is 5.75 Å². The van der Waals surface area contributed by atoms with Crippen LogP contribution in [-0.4, -0.2) is 25.8 Å². The largest absolute Gasteiger partial charge is 0.497 e. The first kappa shape index (κ1) is 11.8. The van der Waals surface area contributed by atoms with E-state index in [9.17, 15) is 4.79 Å². The molecule has 1 heterocycles. The average Bonchev–Trinajstić information content (AvgIpc) is 2.39. The Balaban J connectivity index is 1.85. The van der Waals surface area contributed by atoms with Crippen LogP contribution in [-0.2, 0) is 20.9 Å². The van der Waals surface area contributed by atoms with Crippen LogP contribution in [0.5, 0.6) is 5.75 Å². The molecule has 90 valence electrons. The molecular weight excluding hydrogens is 220 g/mol. The molecule has 1 aromatic carbocycles. The van der Waals surface area contributed by atoms with E-state index in [4.69, 9.17) is 14.2 Å². The van der Waals surface area contributed by atoms with E-state index in [-0.39, 0.29) is 12.4 Å². The lowest BCUT2D eigenvalue weighted by Crippen LogP contribution is -2.23. The monoisotopic (exact) mass is 234 g/mol. The lowest BCUT2D eigenvalue weighted by molar-refractivity contribution is -0.145. The van der Waals surface area contributed by atoms with Crippen LogP contribution in [0.15, 0.2) is 36.4 Å². The number of rotatable bonds is 4. The molecule has 0 saturated heterocycles. The normalized spacial score (nSPS) is 19.4. The third-order valence-corrected chi connectivity index (χ3v) is 2.40. The molecule has 1 atom stereocenters. The van der Waals surface area contributed by atoms with Crippen molar-refractivity contribution in [2.45, 2.75) is 12.9 Å². The standard InChI is InChI=1S/C13H14O4/c1-15-12-5-2-10(3-6-12)8-16-13-7-4-11(14)9-17-13/h2-7,13H,8-9H2,1H3/t13-/m0/s1. The quantitative estimate of drug-likeness (QED) is 0.795. The number of ether oxygens (including phenoxy) is 3. The number of carbonyl (C=O) groups is 1. The van der Waals surface area contributed by atoms with Crippen molar-refractivity contribution in [2.24, 2.45) is 0 Å². The molecule has 0 aromatic heterocycles. The van der Waals surface area contributed by atoms with Gasteiger partial charge in [-0.25, -0.2) is 0 Å². The fourth-order valence-electron chi connectivity index (χ4n) is 1.46. The van der Waals surface area contributed by atoms with Crippen LogP contribution in [0.3, 0.4) is 0 Å². The van der Waals surface area contributed by atoms with E-state index < -0.39 is 6.29 Å². The van der Waals surface area contributed by atoms with Crippen LogP contribution >= 0.6 is 0 Å². The summed E-state index contributed by atoms with van der Waals surface area (Å²) in [5.41, 5.74) is 1.03. The molecule has 4 nitrogen and oxygen atoms in total. The van der Waals surface area contributed by atoms with Gasteiger partial charge in [0.25, 0.3) is 0 Å². The molecule has 0 spiro atoms. The molecule has 1 aliphatic heterocycles. The van der Waals surface area contributed by atoms with Gasteiger partial charge >= 0.3 is 0 Å². The molecule has 0 radical (unpaired) electrons. The minimum absolute atomic E-state index is 0.0331. The molecule has 4 heteroatoms. The summed E-state index contributed by atoms with van der Waals surface area (Å²) in [5, 5.41) is 0. The van der Waals surface area contributed by atoms with Gasteiger partial charge in [-0.15, -0.1) is 0 Å². The van der Waals surface area contributed by atoms with E-state index in [1.165, 1.54) is 6.08 Å². The summed E-state index contributed by atoms with van der Waals surface area (Å²) in [6.07, 6.45) is 2.67. The van der Waals surface area contributed by atoms with Gasteiger partial charge in [0.1, 0.15) is 12.4 Å². The molecule has 0 saturated carbocycles. The summed E-state index contributed by atoms with van der Waals surface area (Å²) in [7, 11) is 1.63. The second-order valence-corrected chi connectivity index (χ2v) is 3.66. The first-order valence-corrected chi connectivity index (χ1v) is 5.35. The molecule has 0 bridgehead atoms. The molecule has 0 aliphatic carbocycles. The van der Waals surface area contributed by atoms with E-state index >= 15 is 0 Å². The van der Waals surface area contributed by atoms with E-state index in [0.29, 0.717) is 6.61 Å². The predicted octanol–water partition coefficient (Wildman–Crippen LogP) is 1.69. The number of hydrogen-bond acceptors (Lipinski definition) is 4. The lowest BCUT2D eigenvalue weighted by atomic mass is 10.2. The first-order chi connectivity index (χ1) is 8.28. The van der Waals surface area contributed by atoms with Gasteiger partial charge in [0.05, 0.1) is 13.7 Å². The van der Waals surface area contributed by atoms with Gasteiger partial charge in [-0.05, 0) is 29.8 Å². The highest BCUT2D eigenvalue weighted by atomic mass is 16.7. The second kappa shape index (κ2) is 5.61. The molecule has 17 heavy (non-hydrogen) atoms. The van der Waals surface area contributed by atoms with Crippen molar-refractivity contribution < 1.29 is 19.0 Å². The maximum Gasteiger partial charge on any atom is 0.181 e. The zero-order chi connectivity index (χ0) is 12.1. The molecule has 0 unspecified atom stereocenters. The lowest BCUT2D eigenvalue weighted by Gasteiger charge is -2.17. The Bertz CT molecular complexity index is 408. The maximum absolute atomic E-state index is 10.9. The highest BCUT2D eigenvalue weighted by Gasteiger charge is 2.13. The fourth-order valence-corrected chi connectivity index (χ4v) is 1.46. The molecule has 0 fully saturated rings. The highest BCUT2D eigenvalue weighted by molar-refractivity contribution is 5.91. The van der Waals surface area contributed by atoms with Crippen molar-refractivity contribution in [3.05, 3.63) is 42.0 Å². The molecule has 2 rings (SSSR count). The Kier molecular flexibility index (Phi) is 3.90. The topological polar surface area (TPSA) is 44.8 Å². The van der Waals surface area contributed by atoms with E-state index in [0.717, 1.165) is 11.3 Å². The average molecular weight is 234 g/mol. The van der Waals surface area contributed by atoms with Gasteiger partial charge in [0.15, 0.2) is 12.1 Å².